The number of pyridine rings is 1. The molecule has 1 aliphatic carbocycles. The molecule has 194 valence electrons. The Bertz CT molecular complexity index is 1270. The van der Waals surface area contributed by atoms with Crippen LogP contribution in [0, 0.1) is 13.8 Å². The Kier molecular flexibility index (Phi) is 7.46. The number of methoxy groups -OCH3 is 1. The van der Waals surface area contributed by atoms with E-state index in [0.29, 0.717) is 35.6 Å². The van der Waals surface area contributed by atoms with Gasteiger partial charge in [-0.15, -0.1) is 0 Å². The van der Waals surface area contributed by atoms with Crippen LogP contribution in [0.2, 0.25) is 0 Å². The molecule has 2 fully saturated rings. The molecule has 3 heterocycles. The van der Waals surface area contributed by atoms with E-state index in [9.17, 15) is 4.79 Å². The highest BCUT2D eigenvalue weighted by molar-refractivity contribution is 7.80. The SMILES string of the molecule is COc1ccccc1NC(=O)CCN1C(=S)N[C@H](c2ccccn2)[C@@H]1c1cc(C)n(C2CCCC2)c1C. The number of hydrogen-bond donors (Lipinski definition) is 2. The van der Waals surface area contributed by atoms with Crippen LogP contribution in [0.5, 0.6) is 5.75 Å². The van der Waals surface area contributed by atoms with Gasteiger partial charge in [0.05, 0.1) is 30.6 Å². The smallest absolute Gasteiger partial charge is 0.226 e. The van der Waals surface area contributed by atoms with E-state index in [1.807, 2.05) is 48.7 Å². The fraction of sp³-hybridized carbons (Fsp3) is 0.414. The molecule has 2 aromatic heterocycles. The minimum atomic E-state index is -0.0940. The number of carbonyl (C=O) groups excluding carboxylic acids is 1. The monoisotopic (exact) mass is 517 g/mol. The van der Waals surface area contributed by atoms with Gasteiger partial charge in [-0.3, -0.25) is 9.78 Å². The summed E-state index contributed by atoms with van der Waals surface area (Å²) in [5.41, 5.74) is 5.43. The molecule has 0 unspecified atom stereocenters. The third kappa shape index (κ3) is 5.07. The zero-order valence-electron chi connectivity index (χ0n) is 21.7. The third-order valence-corrected chi connectivity index (χ3v) is 8.04. The Morgan fingerprint density at radius 3 is 2.65 bits per heavy atom. The first-order chi connectivity index (χ1) is 18.0. The Morgan fingerprint density at radius 1 is 1.16 bits per heavy atom. The van der Waals surface area contributed by atoms with E-state index in [1.54, 1.807) is 7.11 Å². The van der Waals surface area contributed by atoms with Crippen LogP contribution in [-0.2, 0) is 4.79 Å². The van der Waals surface area contributed by atoms with Crippen molar-refractivity contribution in [2.45, 2.75) is 64.1 Å². The summed E-state index contributed by atoms with van der Waals surface area (Å²) >= 11 is 5.83. The van der Waals surface area contributed by atoms with Gasteiger partial charge in [-0.2, -0.15) is 0 Å². The number of nitrogens with one attached hydrogen (secondary N) is 2. The van der Waals surface area contributed by atoms with E-state index < -0.39 is 0 Å². The maximum absolute atomic E-state index is 13.0. The van der Waals surface area contributed by atoms with E-state index in [0.717, 1.165) is 5.69 Å². The van der Waals surface area contributed by atoms with Crippen LogP contribution >= 0.6 is 12.2 Å². The van der Waals surface area contributed by atoms with Crippen molar-refractivity contribution in [3.8, 4) is 5.75 Å². The maximum atomic E-state index is 13.0. The number of aromatic nitrogens is 2. The lowest BCUT2D eigenvalue weighted by Crippen LogP contribution is -2.33. The Morgan fingerprint density at radius 2 is 1.92 bits per heavy atom. The summed E-state index contributed by atoms with van der Waals surface area (Å²) in [5.74, 6) is 0.561. The van der Waals surface area contributed by atoms with E-state index in [1.165, 1.54) is 42.6 Å². The average molecular weight is 518 g/mol. The van der Waals surface area contributed by atoms with Gasteiger partial charge in [0.1, 0.15) is 5.75 Å². The molecule has 1 aromatic carbocycles. The standard InChI is InChI=1S/C29H35N5O2S/c1-19-18-22(20(2)34(19)21-10-4-5-11-21)28-27(24-13-8-9-16-30-24)32-29(37)33(28)17-15-26(35)31-23-12-6-7-14-25(23)36-3/h6-9,12-14,16,18,21,27-28H,4-5,10-11,15,17H2,1-3H3,(H,31,35)(H,32,37)/t27-,28+/m1/s1. The number of nitrogens with zero attached hydrogens (tertiary/aromatic N) is 3. The number of benzene rings is 1. The molecule has 2 N–H and O–H groups in total. The lowest BCUT2D eigenvalue weighted by molar-refractivity contribution is -0.116. The summed E-state index contributed by atoms with van der Waals surface area (Å²) in [6.45, 7) is 4.92. The first kappa shape index (κ1) is 25.3. The lowest BCUT2D eigenvalue weighted by Gasteiger charge is -2.28. The van der Waals surface area contributed by atoms with E-state index >= 15 is 0 Å². The second-order valence-electron chi connectivity index (χ2n) is 9.95. The molecule has 0 bridgehead atoms. The van der Waals surface area contributed by atoms with Crippen LogP contribution in [0.1, 0.15) is 72.9 Å². The normalized spacial score (nSPS) is 19.8. The summed E-state index contributed by atoms with van der Waals surface area (Å²) < 4.78 is 7.90. The van der Waals surface area contributed by atoms with E-state index in [2.05, 4.69) is 45.0 Å². The number of rotatable bonds is 8. The van der Waals surface area contributed by atoms with Crippen LogP contribution < -0.4 is 15.4 Å². The molecule has 0 spiro atoms. The van der Waals surface area contributed by atoms with Gasteiger partial charge >= 0.3 is 0 Å². The minimum absolute atomic E-state index is 0.0529. The van der Waals surface area contributed by atoms with E-state index in [-0.39, 0.29) is 18.0 Å². The molecule has 2 aliphatic rings. The summed E-state index contributed by atoms with van der Waals surface area (Å²) in [4.78, 5) is 19.8. The molecule has 1 saturated heterocycles. The van der Waals surface area contributed by atoms with Crippen molar-refractivity contribution >= 4 is 28.9 Å². The third-order valence-electron chi connectivity index (χ3n) is 7.69. The van der Waals surface area contributed by atoms with Crippen molar-refractivity contribution in [3.05, 3.63) is 77.4 Å². The molecule has 3 aromatic rings. The second-order valence-corrected chi connectivity index (χ2v) is 10.3. The number of amides is 1. The number of hydrogen-bond acceptors (Lipinski definition) is 4. The quantitative estimate of drug-likeness (QED) is 0.378. The topological polar surface area (TPSA) is 71.4 Å². The largest absolute Gasteiger partial charge is 0.495 e. The van der Waals surface area contributed by atoms with Gasteiger partial charge in [0, 0.05) is 36.6 Å². The maximum Gasteiger partial charge on any atom is 0.226 e. The number of thiocarbonyl (C=S) groups is 1. The molecule has 1 aliphatic heterocycles. The van der Waals surface area contributed by atoms with Crippen molar-refractivity contribution in [1.82, 2.24) is 19.8 Å². The minimum Gasteiger partial charge on any atom is -0.495 e. The van der Waals surface area contributed by atoms with Gasteiger partial charge in [-0.25, -0.2) is 0 Å². The number of para-hydroxylation sites is 2. The van der Waals surface area contributed by atoms with E-state index in [4.69, 9.17) is 17.0 Å². The van der Waals surface area contributed by atoms with Gasteiger partial charge in [0.15, 0.2) is 5.11 Å². The van der Waals surface area contributed by atoms with Crippen molar-refractivity contribution in [2.24, 2.45) is 0 Å². The molecule has 37 heavy (non-hydrogen) atoms. The summed E-state index contributed by atoms with van der Waals surface area (Å²) in [6.07, 6.45) is 7.16. The Balaban J connectivity index is 1.42. The molecule has 8 heteroatoms. The number of anilines is 1. The fourth-order valence-electron chi connectivity index (χ4n) is 5.99. The predicted octanol–water partition coefficient (Wildman–Crippen LogP) is 5.62. The number of carbonyl (C=O) groups is 1. The van der Waals surface area contributed by atoms with Gasteiger partial charge < -0.3 is 24.8 Å². The molecular formula is C29H35N5O2S. The first-order valence-corrected chi connectivity index (χ1v) is 13.5. The molecule has 1 saturated carbocycles. The molecular weight excluding hydrogens is 482 g/mol. The van der Waals surface area contributed by atoms with Crippen LogP contribution in [0.15, 0.2) is 54.7 Å². The van der Waals surface area contributed by atoms with Gasteiger partial charge in [-0.1, -0.05) is 31.0 Å². The molecule has 7 nitrogen and oxygen atoms in total. The van der Waals surface area contributed by atoms with Crippen LogP contribution in [0.4, 0.5) is 5.69 Å². The molecule has 5 rings (SSSR count). The van der Waals surface area contributed by atoms with Crippen molar-refractivity contribution < 1.29 is 9.53 Å². The van der Waals surface area contributed by atoms with Crippen molar-refractivity contribution in [1.29, 1.82) is 0 Å². The van der Waals surface area contributed by atoms with Crippen LogP contribution in [0.3, 0.4) is 0 Å². The molecule has 0 radical (unpaired) electrons. The number of aryl methyl sites for hydroxylation is 1. The summed E-state index contributed by atoms with van der Waals surface area (Å²) in [5, 5.41) is 7.16. The van der Waals surface area contributed by atoms with Crippen molar-refractivity contribution in [3.63, 3.8) is 0 Å². The molecule has 1 amide bonds. The average Bonchev–Trinajstić information content (AvgIpc) is 3.61. The Hall–Kier alpha value is -3.39. The highest BCUT2D eigenvalue weighted by atomic mass is 32.1. The zero-order valence-corrected chi connectivity index (χ0v) is 22.6. The Labute approximate surface area is 224 Å². The van der Waals surface area contributed by atoms with Gasteiger partial charge in [-0.05, 0) is 74.8 Å². The lowest BCUT2D eigenvalue weighted by atomic mass is 9.96. The van der Waals surface area contributed by atoms with Gasteiger partial charge in [0.25, 0.3) is 0 Å². The molecule has 2 atom stereocenters. The van der Waals surface area contributed by atoms with Crippen LogP contribution in [0.25, 0.3) is 0 Å². The van der Waals surface area contributed by atoms with Crippen molar-refractivity contribution in [2.75, 3.05) is 19.0 Å². The highest BCUT2D eigenvalue weighted by Gasteiger charge is 2.41. The first-order valence-electron chi connectivity index (χ1n) is 13.1. The predicted molar refractivity (Wildman–Crippen MR) is 150 cm³/mol. The second kappa shape index (κ2) is 10.9. The fourth-order valence-corrected chi connectivity index (χ4v) is 6.33. The van der Waals surface area contributed by atoms with Gasteiger partial charge in [0.2, 0.25) is 5.91 Å². The zero-order chi connectivity index (χ0) is 25.9. The highest BCUT2D eigenvalue weighted by Crippen LogP contribution is 2.43. The van der Waals surface area contributed by atoms with Crippen LogP contribution in [-0.4, -0.2) is 39.1 Å². The summed E-state index contributed by atoms with van der Waals surface area (Å²) in [7, 11) is 1.60. The summed E-state index contributed by atoms with van der Waals surface area (Å²) in [6, 6.07) is 16.1. The number of ether oxygens (including phenoxy) is 1.